The van der Waals surface area contributed by atoms with Gasteiger partial charge in [0.15, 0.2) is 0 Å². The number of nitrogens with one attached hydrogen (secondary N) is 1. The second kappa shape index (κ2) is 6.15. The van der Waals surface area contributed by atoms with Gasteiger partial charge in [-0.15, -0.1) is 0 Å². The Hall–Kier alpha value is -1.06. The number of anilines is 1. The van der Waals surface area contributed by atoms with Crippen LogP contribution < -0.4 is 5.32 Å². The molecule has 0 saturated heterocycles. The van der Waals surface area contributed by atoms with Crippen molar-refractivity contribution in [3.8, 4) is 0 Å². The summed E-state index contributed by atoms with van der Waals surface area (Å²) in [4.78, 5) is 0. The van der Waals surface area contributed by atoms with Gasteiger partial charge in [-0.1, -0.05) is 35.4 Å². The van der Waals surface area contributed by atoms with E-state index in [0.29, 0.717) is 15.2 Å². The quantitative estimate of drug-likeness (QED) is 0.708. The lowest BCUT2D eigenvalue weighted by Gasteiger charge is -2.20. The summed E-state index contributed by atoms with van der Waals surface area (Å²) < 4.78 is 13.9. The van der Waals surface area contributed by atoms with Gasteiger partial charge in [0, 0.05) is 10.5 Å². The highest BCUT2D eigenvalue weighted by Gasteiger charge is 2.13. The van der Waals surface area contributed by atoms with Crippen LogP contribution in [0.5, 0.6) is 0 Å². The zero-order chi connectivity index (χ0) is 14.9. The molecule has 20 heavy (non-hydrogen) atoms. The topological polar surface area (TPSA) is 12.0 Å². The van der Waals surface area contributed by atoms with Crippen LogP contribution in [0.15, 0.2) is 34.8 Å². The van der Waals surface area contributed by atoms with Crippen molar-refractivity contribution in [2.45, 2.75) is 26.8 Å². The predicted octanol–water partition coefficient (Wildman–Crippen LogP) is 6.03. The average Bonchev–Trinajstić information content (AvgIpc) is 2.36. The molecule has 1 N–H and O–H groups in total. The summed E-state index contributed by atoms with van der Waals surface area (Å²) in [5.74, 6) is -0.355. The highest BCUT2D eigenvalue weighted by Crippen LogP contribution is 2.34. The number of hydrogen-bond donors (Lipinski definition) is 1. The van der Waals surface area contributed by atoms with Gasteiger partial charge in [0.25, 0.3) is 0 Å². The van der Waals surface area contributed by atoms with Gasteiger partial charge in [-0.2, -0.15) is 0 Å². The van der Waals surface area contributed by atoms with E-state index < -0.39 is 0 Å². The van der Waals surface area contributed by atoms with Gasteiger partial charge in [0.2, 0.25) is 0 Å². The van der Waals surface area contributed by atoms with Crippen molar-refractivity contribution in [1.29, 1.82) is 0 Å². The van der Waals surface area contributed by atoms with Crippen molar-refractivity contribution < 1.29 is 4.39 Å². The Labute approximate surface area is 132 Å². The van der Waals surface area contributed by atoms with E-state index in [1.165, 1.54) is 28.8 Å². The SMILES string of the molecule is Cc1ccc(C)c(C(C)Nc2c(Cl)cc(F)cc2Br)c1. The molecule has 4 heteroatoms. The third-order valence-corrected chi connectivity index (χ3v) is 4.19. The van der Waals surface area contributed by atoms with Crippen LogP contribution in [0.3, 0.4) is 0 Å². The van der Waals surface area contributed by atoms with Gasteiger partial charge in [0.1, 0.15) is 5.82 Å². The number of benzene rings is 2. The number of halogens is 3. The standard InChI is InChI=1S/C16H16BrClFN/c1-9-4-5-10(2)13(6-9)11(3)20-16-14(17)7-12(19)8-15(16)18/h4-8,11,20H,1-3H3. The average molecular weight is 357 g/mol. The van der Waals surface area contributed by atoms with E-state index in [-0.39, 0.29) is 11.9 Å². The minimum absolute atomic E-state index is 0.0779. The molecule has 0 radical (unpaired) electrons. The van der Waals surface area contributed by atoms with Crippen LogP contribution in [0.1, 0.15) is 29.7 Å². The van der Waals surface area contributed by atoms with Crippen molar-refractivity contribution in [3.05, 3.63) is 62.3 Å². The first-order valence-electron chi connectivity index (χ1n) is 6.36. The van der Waals surface area contributed by atoms with Crippen LogP contribution in [0.25, 0.3) is 0 Å². The minimum atomic E-state index is -0.355. The third kappa shape index (κ3) is 3.33. The van der Waals surface area contributed by atoms with Gasteiger partial charge in [-0.3, -0.25) is 0 Å². The molecule has 2 aromatic rings. The van der Waals surface area contributed by atoms with Crippen LogP contribution in [0.2, 0.25) is 5.02 Å². The molecule has 0 saturated carbocycles. The number of hydrogen-bond acceptors (Lipinski definition) is 1. The zero-order valence-corrected chi connectivity index (χ0v) is 13.9. The Balaban J connectivity index is 2.32. The molecule has 0 bridgehead atoms. The van der Waals surface area contributed by atoms with Crippen molar-refractivity contribution in [2.75, 3.05) is 5.32 Å². The molecular weight excluding hydrogens is 341 g/mol. The zero-order valence-electron chi connectivity index (χ0n) is 11.6. The summed E-state index contributed by atoms with van der Waals surface area (Å²) in [6, 6.07) is 9.14. The Morgan fingerprint density at radius 1 is 1.20 bits per heavy atom. The molecule has 0 aliphatic carbocycles. The maximum Gasteiger partial charge on any atom is 0.125 e. The largest absolute Gasteiger partial charge is 0.376 e. The third-order valence-electron chi connectivity index (χ3n) is 3.27. The van der Waals surface area contributed by atoms with Crippen LogP contribution >= 0.6 is 27.5 Å². The molecule has 106 valence electrons. The molecule has 2 aromatic carbocycles. The fourth-order valence-corrected chi connectivity index (χ4v) is 3.12. The second-order valence-corrected chi connectivity index (χ2v) is 6.23. The molecule has 2 rings (SSSR count). The summed E-state index contributed by atoms with van der Waals surface area (Å²) in [6.07, 6.45) is 0. The molecule has 0 fully saturated rings. The molecule has 0 spiro atoms. The van der Waals surface area contributed by atoms with E-state index in [2.05, 4.69) is 60.2 Å². The predicted molar refractivity (Wildman–Crippen MR) is 87.1 cm³/mol. The number of aryl methyl sites for hydroxylation is 2. The first-order chi connectivity index (χ1) is 9.38. The first kappa shape index (κ1) is 15.3. The molecule has 1 atom stereocenters. The smallest absolute Gasteiger partial charge is 0.125 e. The lowest BCUT2D eigenvalue weighted by Crippen LogP contribution is -2.09. The van der Waals surface area contributed by atoms with E-state index in [9.17, 15) is 4.39 Å². The van der Waals surface area contributed by atoms with E-state index in [1.807, 2.05) is 0 Å². The van der Waals surface area contributed by atoms with E-state index in [0.717, 1.165) is 0 Å². The normalized spacial score (nSPS) is 12.3. The highest BCUT2D eigenvalue weighted by molar-refractivity contribution is 9.10. The Bertz CT molecular complexity index is 619. The van der Waals surface area contributed by atoms with E-state index in [1.54, 1.807) is 0 Å². The van der Waals surface area contributed by atoms with Gasteiger partial charge in [0.05, 0.1) is 10.7 Å². The molecule has 1 unspecified atom stereocenters. The molecule has 0 heterocycles. The fraction of sp³-hybridized carbons (Fsp3) is 0.250. The van der Waals surface area contributed by atoms with Crippen molar-refractivity contribution in [3.63, 3.8) is 0 Å². The molecule has 0 aromatic heterocycles. The first-order valence-corrected chi connectivity index (χ1v) is 7.54. The van der Waals surface area contributed by atoms with Crippen molar-refractivity contribution >= 4 is 33.2 Å². The van der Waals surface area contributed by atoms with Crippen molar-refractivity contribution in [2.24, 2.45) is 0 Å². The van der Waals surface area contributed by atoms with Gasteiger partial charge in [-0.25, -0.2) is 4.39 Å². The summed E-state index contributed by atoms with van der Waals surface area (Å²) >= 11 is 9.45. The summed E-state index contributed by atoms with van der Waals surface area (Å²) in [5.41, 5.74) is 4.34. The molecule has 1 nitrogen and oxygen atoms in total. The summed E-state index contributed by atoms with van der Waals surface area (Å²) in [6.45, 7) is 6.21. The second-order valence-electron chi connectivity index (χ2n) is 4.97. The van der Waals surface area contributed by atoms with Crippen LogP contribution in [-0.4, -0.2) is 0 Å². The van der Waals surface area contributed by atoms with Crippen LogP contribution in [0, 0.1) is 19.7 Å². The molecular formula is C16H16BrClFN. The number of rotatable bonds is 3. The van der Waals surface area contributed by atoms with E-state index >= 15 is 0 Å². The lowest BCUT2D eigenvalue weighted by molar-refractivity contribution is 0.627. The molecule has 0 aliphatic rings. The Kier molecular flexibility index (Phi) is 4.71. The Morgan fingerprint density at radius 3 is 2.55 bits per heavy atom. The summed E-state index contributed by atoms with van der Waals surface area (Å²) in [7, 11) is 0. The Morgan fingerprint density at radius 2 is 1.90 bits per heavy atom. The van der Waals surface area contributed by atoms with Crippen LogP contribution in [-0.2, 0) is 0 Å². The fourth-order valence-electron chi connectivity index (χ4n) is 2.20. The van der Waals surface area contributed by atoms with E-state index in [4.69, 9.17) is 11.6 Å². The van der Waals surface area contributed by atoms with Crippen molar-refractivity contribution in [1.82, 2.24) is 0 Å². The molecule has 0 amide bonds. The van der Waals surface area contributed by atoms with Gasteiger partial charge >= 0.3 is 0 Å². The minimum Gasteiger partial charge on any atom is -0.376 e. The molecule has 0 aliphatic heterocycles. The van der Waals surface area contributed by atoms with Gasteiger partial charge in [-0.05, 0) is 60.0 Å². The van der Waals surface area contributed by atoms with Gasteiger partial charge < -0.3 is 5.32 Å². The maximum atomic E-state index is 13.2. The maximum absolute atomic E-state index is 13.2. The highest BCUT2D eigenvalue weighted by atomic mass is 79.9. The monoisotopic (exact) mass is 355 g/mol. The lowest BCUT2D eigenvalue weighted by atomic mass is 10.00. The summed E-state index contributed by atoms with van der Waals surface area (Å²) in [5, 5.41) is 3.71. The van der Waals surface area contributed by atoms with Crippen LogP contribution in [0.4, 0.5) is 10.1 Å².